The van der Waals surface area contributed by atoms with E-state index in [2.05, 4.69) is 5.32 Å². The first-order chi connectivity index (χ1) is 9.31. The summed E-state index contributed by atoms with van der Waals surface area (Å²) in [4.78, 5) is 11.6. The molecule has 0 bridgehead atoms. The number of hydrogen-bond donors (Lipinski definition) is 2. The van der Waals surface area contributed by atoms with Crippen molar-refractivity contribution in [2.75, 3.05) is 21.9 Å². The van der Waals surface area contributed by atoms with Gasteiger partial charge in [-0.05, 0) is 38.0 Å². The molecule has 1 atom stereocenters. The van der Waals surface area contributed by atoms with E-state index < -0.39 is 16.1 Å². The zero-order chi connectivity index (χ0) is 14.9. The smallest absolute Gasteiger partial charge is 0.240 e. The van der Waals surface area contributed by atoms with Gasteiger partial charge >= 0.3 is 0 Å². The molecule has 3 N–H and O–H groups in total. The normalized spacial score (nSPS) is 18.0. The molecule has 1 heterocycles. The Morgan fingerprint density at radius 3 is 2.62 bits per heavy atom. The monoisotopic (exact) mass is 333 g/mol. The van der Waals surface area contributed by atoms with E-state index in [4.69, 9.17) is 5.73 Å². The number of nitrogens with one attached hydrogen (secondary N) is 1. The summed E-state index contributed by atoms with van der Waals surface area (Å²) in [7, 11) is -3.23. The molecule has 0 radical (unpaired) electrons. The van der Waals surface area contributed by atoms with Crippen LogP contribution >= 0.6 is 12.4 Å². The summed E-state index contributed by atoms with van der Waals surface area (Å²) in [5.74, 6) is -0.132. The highest BCUT2D eigenvalue weighted by molar-refractivity contribution is 7.93. The molecule has 21 heavy (non-hydrogen) atoms. The molecule has 1 aliphatic rings. The number of carbonyl (C=O) groups is 1. The van der Waals surface area contributed by atoms with Gasteiger partial charge in [0, 0.05) is 12.2 Å². The Bertz CT molecular complexity index is 632. The molecule has 0 aromatic heterocycles. The van der Waals surface area contributed by atoms with E-state index in [0.29, 0.717) is 24.3 Å². The fourth-order valence-corrected chi connectivity index (χ4v) is 3.74. The second-order valence-corrected chi connectivity index (χ2v) is 7.03. The average Bonchev–Trinajstić information content (AvgIpc) is 2.71. The van der Waals surface area contributed by atoms with E-state index in [0.717, 1.165) is 5.56 Å². The van der Waals surface area contributed by atoms with Gasteiger partial charge in [0.2, 0.25) is 15.9 Å². The molecule has 2 rings (SSSR count). The number of anilines is 2. The van der Waals surface area contributed by atoms with Gasteiger partial charge in [-0.2, -0.15) is 0 Å². The highest BCUT2D eigenvalue weighted by Gasteiger charge is 2.29. The number of nitrogens with two attached hydrogens (primary N) is 1. The number of halogens is 1. The summed E-state index contributed by atoms with van der Waals surface area (Å²) in [5.41, 5.74) is 7.52. The molecule has 0 unspecified atom stereocenters. The first kappa shape index (κ1) is 17.7. The third-order valence-electron chi connectivity index (χ3n) is 3.26. The van der Waals surface area contributed by atoms with Crippen LogP contribution in [0.2, 0.25) is 0 Å². The molecular weight excluding hydrogens is 314 g/mol. The topological polar surface area (TPSA) is 92.5 Å². The van der Waals surface area contributed by atoms with Crippen LogP contribution in [0.4, 0.5) is 11.4 Å². The number of amides is 1. The van der Waals surface area contributed by atoms with E-state index in [-0.39, 0.29) is 24.1 Å². The highest BCUT2D eigenvalue weighted by Crippen LogP contribution is 2.29. The second kappa shape index (κ2) is 6.64. The SMILES string of the molecule is Cc1ccc(NC(=O)[C@@H](C)N)cc1N1CCCS1(=O)=O.Cl. The Morgan fingerprint density at radius 1 is 1.43 bits per heavy atom. The van der Waals surface area contributed by atoms with Gasteiger partial charge in [-0.3, -0.25) is 9.10 Å². The van der Waals surface area contributed by atoms with Gasteiger partial charge in [-0.15, -0.1) is 12.4 Å². The van der Waals surface area contributed by atoms with Crippen molar-refractivity contribution >= 4 is 39.7 Å². The summed E-state index contributed by atoms with van der Waals surface area (Å²) >= 11 is 0. The molecular formula is C13H20ClN3O3S. The molecule has 8 heteroatoms. The van der Waals surface area contributed by atoms with Crippen molar-refractivity contribution in [1.82, 2.24) is 0 Å². The lowest BCUT2D eigenvalue weighted by atomic mass is 10.1. The zero-order valence-electron chi connectivity index (χ0n) is 12.0. The summed E-state index contributed by atoms with van der Waals surface area (Å²) in [5, 5.41) is 2.67. The van der Waals surface area contributed by atoms with Crippen molar-refractivity contribution in [1.29, 1.82) is 0 Å². The van der Waals surface area contributed by atoms with Gasteiger partial charge in [0.1, 0.15) is 0 Å². The third kappa shape index (κ3) is 3.87. The molecule has 1 aromatic carbocycles. The number of nitrogens with zero attached hydrogens (tertiary/aromatic N) is 1. The predicted octanol–water partition coefficient (Wildman–Crippen LogP) is 1.24. The van der Waals surface area contributed by atoms with E-state index in [9.17, 15) is 13.2 Å². The highest BCUT2D eigenvalue weighted by atomic mass is 35.5. The Kier molecular flexibility index (Phi) is 5.61. The van der Waals surface area contributed by atoms with Crippen LogP contribution in [-0.2, 0) is 14.8 Å². The molecule has 0 saturated carbocycles. The minimum Gasteiger partial charge on any atom is -0.325 e. The number of aryl methyl sites for hydroxylation is 1. The van der Waals surface area contributed by atoms with Crippen LogP contribution in [0, 0.1) is 6.92 Å². The third-order valence-corrected chi connectivity index (χ3v) is 5.11. The standard InChI is InChI=1S/C13H19N3O3S.ClH/c1-9-4-5-11(15-13(17)10(2)14)8-12(9)16-6-3-7-20(16,18)19;/h4-5,8,10H,3,6-7,14H2,1-2H3,(H,15,17);1H/t10-;/m1./s1. The Hall–Kier alpha value is -1.31. The molecule has 1 aromatic rings. The van der Waals surface area contributed by atoms with E-state index in [1.165, 1.54) is 4.31 Å². The fraction of sp³-hybridized carbons (Fsp3) is 0.462. The molecule has 1 saturated heterocycles. The van der Waals surface area contributed by atoms with E-state index in [1.807, 2.05) is 6.92 Å². The van der Waals surface area contributed by atoms with Crippen LogP contribution in [0.3, 0.4) is 0 Å². The first-order valence-corrected chi connectivity index (χ1v) is 8.10. The van der Waals surface area contributed by atoms with Crippen LogP contribution < -0.4 is 15.4 Å². The van der Waals surface area contributed by atoms with Crippen molar-refractivity contribution in [3.8, 4) is 0 Å². The maximum Gasteiger partial charge on any atom is 0.240 e. The largest absolute Gasteiger partial charge is 0.325 e. The van der Waals surface area contributed by atoms with Gasteiger partial charge in [0.15, 0.2) is 0 Å². The van der Waals surface area contributed by atoms with E-state index in [1.54, 1.807) is 25.1 Å². The van der Waals surface area contributed by atoms with Crippen LogP contribution in [0.1, 0.15) is 18.9 Å². The van der Waals surface area contributed by atoms with Crippen LogP contribution in [0.15, 0.2) is 18.2 Å². The van der Waals surface area contributed by atoms with E-state index >= 15 is 0 Å². The summed E-state index contributed by atoms with van der Waals surface area (Å²) in [6, 6.07) is 4.59. The second-order valence-electron chi connectivity index (χ2n) is 5.02. The lowest BCUT2D eigenvalue weighted by molar-refractivity contribution is -0.117. The van der Waals surface area contributed by atoms with Crippen molar-refractivity contribution in [3.63, 3.8) is 0 Å². The van der Waals surface area contributed by atoms with Gasteiger partial charge in [-0.25, -0.2) is 8.42 Å². The lowest BCUT2D eigenvalue weighted by Gasteiger charge is -2.20. The Labute approximate surface area is 131 Å². The quantitative estimate of drug-likeness (QED) is 0.870. The Balaban J connectivity index is 0.00000220. The first-order valence-electron chi connectivity index (χ1n) is 6.49. The summed E-state index contributed by atoms with van der Waals surface area (Å²) < 4.78 is 25.4. The van der Waals surface area contributed by atoms with Crippen molar-refractivity contribution in [3.05, 3.63) is 23.8 Å². The number of benzene rings is 1. The summed E-state index contributed by atoms with van der Waals surface area (Å²) in [6.45, 7) is 3.92. The van der Waals surface area contributed by atoms with Crippen molar-refractivity contribution < 1.29 is 13.2 Å². The maximum absolute atomic E-state index is 12.0. The molecule has 118 valence electrons. The maximum atomic E-state index is 12.0. The van der Waals surface area contributed by atoms with Gasteiger partial charge < -0.3 is 11.1 Å². The molecule has 1 amide bonds. The van der Waals surface area contributed by atoms with Crippen LogP contribution in [0.5, 0.6) is 0 Å². The van der Waals surface area contributed by atoms with Crippen LogP contribution in [-0.4, -0.2) is 32.7 Å². The van der Waals surface area contributed by atoms with Crippen LogP contribution in [0.25, 0.3) is 0 Å². The number of carbonyl (C=O) groups excluding carboxylic acids is 1. The number of sulfonamides is 1. The van der Waals surface area contributed by atoms with Gasteiger partial charge in [0.25, 0.3) is 0 Å². The molecule has 6 nitrogen and oxygen atoms in total. The number of rotatable bonds is 3. The lowest BCUT2D eigenvalue weighted by Crippen LogP contribution is -2.32. The molecule has 1 fully saturated rings. The minimum atomic E-state index is -3.23. The molecule has 1 aliphatic heterocycles. The zero-order valence-corrected chi connectivity index (χ0v) is 13.6. The predicted molar refractivity (Wildman–Crippen MR) is 86.5 cm³/mol. The van der Waals surface area contributed by atoms with Crippen molar-refractivity contribution in [2.24, 2.45) is 5.73 Å². The fourth-order valence-electron chi connectivity index (χ4n) is 2.12. The minimum absolute atomic E-state index is 0. The summed E-state index contributed by atoms with van der Waals surface area (Å²) in [6.07, 6.45) is 0.623. The number of hydrogen-bond acceptors (Lipinski definition) is 4. The van der Waals surface area contributed by atoms with Crippen molar-refractivity contribution in [2.45, 2.75) is 26.3 Å². The average molecular weight is 334 g/mol. The molecule has 0 aliphatic carbocycles. The Morgan fingerprint density at radius 2 is 2.10 bits per heavy atom. The van der Waals surface area contributed by atoms with Gasteiger partial charge in [-0.1, -0.05) is 6.07 Å². The molecule has 0 spiro atoms. The van der Waals surface area contributed by atoms with Gasteiger partial charge in [0.05, 0.1) is 17.5 Å².